The molecular formula is C33H38N4O. The van der Waals surface area contributed by atoms with Crippen LogP contribution in [0.1, 0.15) is 55.6 Å². The molecule has 0 bridgehead atoms. The number of carbonyl (C=O) groups is 1. The van der Waals surface area contributed by atoms with Gasteiger partial charge < -0.3 is 10.6 Å². The standard InChI is InChI=1S/C33H38N4O/c1-6-9-14-33(35-24(4)37(5)22-29-20-19-26(7-2)32(8-3)36-29)28(23-38)21-25-15-17-27(18-16-25)30-12-10-11-13-31(30)34/h7-8,10-13,15-20,23H,2-3,6,9,14,21-22,34H2,1,4-5H3/b33-28-,35-24?. The summed E-state index contributed by atoms with van der Waals surface area (Å²) in [6.45, 7) is 12.4. The number of pyridine rings is 1. The summed E-state index contributed by atoms with van der Waals surface area (Å²) in [6, 6.07) is 20.0. The second kappa shape index (κ2) is 13.9. The highest BCUT2D eigenvalue weighted by Crippen LogP contribution is 2.26. The summed E-state index contributed by atoms with van der Waals surface area (Å²) in [6.07, 6.45) is 7.74. The zero-order valence-corrected chi connectivity index (χ0v) is 22.8. The van der Waals surface area contributed by atoms with Crippen molar-refractivity contribution in [3.8, 4) is 11.1 Å². The van der Waals surface area contributed by atoms with Crippen LogP contribution in [0.5, 0.6) is 0 Å². The minimum absolute atomic E-state index is 0.529. The predicted octanol–water partition coefficient (Wildman–Crippen LogP) is 7.35. The number of rotatable bonds is 12. The van der Waals surface area contributed by atoms with Gasteiger partial charge in [0, 0.05) is 36.0 Å². The first-order valence-corrected chi connectivity index (χ1v) is 13.0. The minimum atomic E-state index is 0.529. The highest BCUT2D eigenvalue weighted by Gasteiger charge is 2.11. The third-order valence-electron chi connectivity index (χ3n) is 6.58. The quantitative estimate of drug-likeness (QED) is 0.0916. The molecule has 0 radical (unpaired) electrons. The first-order chi connectivity index (χ1) is 18.4. The Labute approximate surface area is 227 Å². The van der Waals surface area contributed by atoms with Crippen molar-refractivity contribution in [1.29, 1.82) is 0 Å². The molecule has 0 spiro atoms. The first kappa shape index (κ1) is 28.3. The molecule has 5 nitrogen and oxygen atoms in total. The van der Waals surface area contributed by atoms with Crippen molar-refractivity contribution in [1.82, 2.24) is 9.88 Å². The highest BCUT2D eigenvalue weighted by atomic mass is 16.1. The molecule has 0 atom stereocenters. The number of unbranched alkanes of at least 4 members (excludes halogenated alkanes) is 1. The Bertz CT molecular complexity index is 1340. The van der Waals surface area contributed by atoms with Crippen molar-refractivity contribution in [3.05, 3.63) is 108 Å². The van der Waals surface area contributed by atoms with Crippen molar-refractivity contribution in [2.24, 2.45) is 4.99 Å². The van der Waals surface area contributed by atoms with Crippen LogP contribution in [0.3, 0.4) is 0 Å². The molecule has 0 aliphatic rings. The normalized spacial score (nSPS) is 12.0. The second-order valence-corrected chi connectivity index (χ2v) is 9.35. The molecule has 1 aromatic heterocycles. The maximum Gasteiger partial charge on any atom is 0.148 e. The summed E-state index contributed by atoms with van der Waals surface area (Å²) in [5.41, 5.74) is 14.2. The van der Waals surface area contributed by atoms with Gasteiger partial charge in [-0.25, -0.2) is 4.99 Å². The van der Waals surface area contributed by atoms with Gasteiger partial charge in [-0.1, -0.05) is 81.1 Å². The number of nitrogens with zero attached hydrogens (tertiary/aromatic N) is 3. The number of amidine groups is 1. The van der Waals surface area contributed by atoms with Crippen LogP contribution in [-0.4, -0.2) is 29.1 Å². The van der Waals surface area contributed by atoms with Gasteiger partial charge in [-0.05, 0) is 54.7 Å². The van der Waals surface area contributed by atoms with E-state index in [1.54, 1.807) is 12.2 Å². The Hall–Kier alpha value is -4.25. The lowest BCUT2D eigenvalue weighted by molar-refractivity contribution is -0.105. The number of allylic oxidation sites excluding steroid dienone is 2. The van der Waals surface area contributed by atoms with E-state index < -0.39 is 0 Å². The highest BCUT2D eigenvalue weighted by molar-refractivity contribution is 5.83. The zero-order chi connectivity index (χ0) is 27.5. The molecule has 0 saturated heterocycles. The van der Waals surface area contributed by atoms with Gasteiger partial charge in [-0.15, -0.1) is 0 Å². The van der Waals surface area contributed by atoms with Gasteiger partial charge in [-0.3, -0.25) is 9.78 Å². The van der Waals surface area contributed by atoms with E-state index in [0.717, 1.165) is 76.4 Å². The molecule has 196 valence electrons. The molecule has 5 heteroatoms. The minimum Gasteiger partial charge on any atom is -0.398 e. The number of benzene rings is 2. The summed E-state index contributed by atoms with van der Waals surface area (Å²) in [5, 5.41) is 0. The van der Waals surface area contributed by atoms with Gasteiger partial charge in [0.05, 0.1) is 17.9 Å². The Kier molecular flexibility index (Phi) is 10.4. The van der Waals surface area contributed by atoms with Crippen LogP contribution in [0.15, 0.2) is 90.1 Å². The van der Waals surface area contributed by atoms with Gasteiger partial charge in [0.15, 0.2) is 0 Å². The lowest BCUT2D eigenvalue weighted by atomic mass is 9.98. The monoisotopic (exact) mass is 506 g/mol. The van der Waals surface area contributed by atoms with E-state index in [9.17, 15) is 4.79 Å². The molecule has 3 aromatic rings. The van der Waals surface area contributed by atoms with E-state index in [4.69, 9.17) is 15.7 Å². The maximum absolute atomic E-state index is 12.2. The average Bonchev–Trinajstić information content (AvgIpc) is 2.94. The lowest BCUT2D eigenvalue weighted by Crippen LogP contribution is -2.24. The topological polar surface area (TPSA) is 71.6 Å². The third-order valence-corrected chi connectivity index (χ3v) is 6.58. The van der Waals surface area contributed by atoms with Gasteiger partial charge in [0.25, 0.3) is 0 Å². The number of hydrogen-bond donors (Lipinski definition) is 1. The Balaban J connectivity index is 1.84. The molecule has 0 amide bonds. The Morgan fingerprint density at radius 3 is 2.42 bits per heavy atom. The molecule has 1 heterocycles. The third kappa shape index (κ3) is 7.39. The predicted molar refractivity (Wildman–Crippen MR) is 162 cm³/mol. The largest absolute Gasteiger partial charge is 0.398 e. The summed E-state index contributed by atoms with van der Waals surface area (Å²) in [5.74, 6) is 0.833. The molecular weight excluding hydrogens is 468 g/mol. The van der Waals surface area contributed by atoms with Crippen LogP contribution >= 0.6 is 0 Å². The number of aldehydes is 1. The Morgan fingerprint density at radius 1 is 1.05 bits per heavy atom. The van der Waals surface area contributed by atoms with Crippen molar-refractivity contribution in [2.45, 2.75) is 46.1 Å². The summed E-state index contributed by atoms with van der Waals surface area (Å²) in [7, 11) is 1.99. The van der Waals surface area contributed by atoms with Crippen LogP contribution in [0.4, 0.5) is 5.69 Å². The summed E-state index contributed by atoms with van der Waals surface area (Å²) >= 11 is 0. The number of aromatic nitrogens is 1. The van der Waals surface area contributed by atoms with Gasteiger partial charge in [0.1, 0.15) is 12.1 Å². The number of nitrogen functional groups attached to an aromatic ring is 1. The second-order valence-electron chi connectivity index (χ2n) is 9.35. The van der Waals surface area contributed by atoms with Crippen LogP contribution in [0, 0.1) is 0 Å². The number of aliphatic imine (C=N–C) groups is 1. The molecule has 0 fully saturated rings. The van der Waals surface area contributed by atoms with E-state index >= 15 is 0 Å². The molecule has 0 saturated carbocycles. The Morgan fingerprint density at radius 2 is 1.79 bits per heavy atom. The van der Waals surface area contributed by atoms with E-state index in [2.05, 4.69) is 49.2 Å². The fourth-order valence-corrected chi connectivity index (χ4v) is 4.22. The van der Waals surface area contributed by atoms with Crippen LogP contribution < -0.4 is 5.73 Å². The molecule has 0 unspecified atom stereocenters. The van der Waals surface area contributed by atoms with Crippen LogP contribution in [0.25, 0.3) is 23.3 Å². The fraction of sp³-hybridized carbons (Fsp3) is 0.242. The molecule has 3 rings (SSSR count). The first-order valence-electron chi connectivity index (χ1n) is 13.0. The van der Waals surface area contributed by atoms with Crippen molar-refractivity contribution in [2.75, 3.05) is 12.8 Å². The van der Waals surface area contributed by atoms with Gasteiger partial charge in [-0.2, -0.15) is 0 Å². The van der Waals surface area contributed by atoms with E-state index in [1.165, 1.54) is 0 Å². The SMILES string of the molecule is C=Cc1ccc(CN(C)C(C)=N/C(CCCC)=C(\C=O)Cc2ccc(-c3ccccc3N)cc2)nc1C=C. The fourth-order valence-electron chi connectivity index (χ4n) is 4.22. The van der Waals surface area contributed by atoms with Crippen LogP contribution in [-0.2, 0) is 17.8 Å². The van der Waals surface area contributed by atoms with Crippen LogP contribution in [0.2, 0.25) is 0 Å². The lowest BCUT2D eigenvalue weighted by Gasteiger charge is -2.20. The molecule has 0 aliphatic carbocycles. The van der Waals surface area contributed by atoms with E-state index in [1.807, 2.05) is 50.4 Å². The van der Waals surface area contributed by atoms with E-state index in [-0.39, 0.29) is 0 Å². The average molecular weight is 507 g/mol. The van der Waals surface area contributed by atoms with Gasteiger partial charge >= 0.3 is 0 Å². The number of hydrogen-bond acceptors (Lipinski definition) is 4. The maximum atomic E-state index is 12.2. The number of nitrogens with two attached hydrogens (primary N) is 1. The van der Waals surface area contributed by atoms with Crippen molar-refractivity contribution < 1.29 is 4.79 Å². The molecule has 2 N–H and O–H groups in total. The van der Waals surface area contributed by atoms with Crippen molar-refractivity contribution >= 4 is 30.0 Å². The number of carbonyl (C=O) groups excluding carboxylic acids is 1. The zero-order valence-electron chi connectivity index (χ0n) is 22.8. The summed E-state index contributed by atoms with van der Waals surface area (Å²) < 4.78 is 0. The molecule has 0 aliphatic heterocycles. The van der Waals surface area contributed by atoms with E-state index in [0.29, 0.717) is 18.5 Å². The number of para-hydroxylation sites is 1. The molecule has 38 heavy (non-hydrogen) atoms. The van der Waals surface area contributed by atoms with Crippen molar-refractivity contribution in [3.63, 3.8) is 0 Å². The smallest absolute Gasteiger partial charge is 0.148 e. The number of anilines is 1. The summed E-state index contributed by atoms with van der Waals surface area (Å²) in [4.78, 5) is 23.9. The molecule has 2 aromatic carbocycles. The van der Waals surface area contributed by atoms with Gasteiger partial charge in [0.2, 0.25) is 0 Å².